The summed E-state index contributed by atoms with van der Waals surface area (Å²) in [6.45, 7) is 6.63. The van der Waals surface area contributed by atoms with E-state index < -0.39 is 6.10 Å². The van der Waals surface area contributed by atoms with Crippen LogP contribution in [-0.2, 0) is 16.8 Å². The van der Waals surface area contributed by atoms with E-state index in [0.717, 1.165) is 11.1 Å². The Labute approximate surface area is 136 Å². The first-order chi connectivity index (χ1) is 10.9. The van der Waals surface area contributed by atoms with Gasteiger partial charge in [-0.2, -0.15) is 0 Å². The molecule has 4 rings (SSSR count). The van der Waals surface area contributed by atoms with Gasteiger partial charge in [0.1, 0.15) is 0 Å². The molecule has 0 spiro atoms. The molecule has 2 aliphatic heterocycles. The Morgan fingerprint density at radius 3 is 2.17 bits per heavy atom. The highest BCUT2D eigenvalue weighted by Gasteiger charge is 2.31. The number of hydrogen-bond donors (Lipinski definition) is 0. The maximum Gasteiger partial charge on any atom is 0.199 e. The Morgan fingerprint density at radius 1 is 1.00 bits per heavy atom. The van der Waals surface area contributed by atoms with Gasteiger partial charge < -0.3 is 4.74 Å². The molecule has 0 amide bonds. The smallest absolute Gasteiger partial charge is 0.199 e. The van der Waals surface area contributed by atoms with E-state index in [-0.39, 0.29) is 23.6 Å². The molecule has 2 aromatic rings. The van der Waals surface area contributed by atoms with Crippen LogP contribution >= 0.6 is 0 Å². The van der Waals surface area contributed by atoms with Crippen LogP contribution < -0.4 is 0 Å². The van der Waals surface area contributed by atoms with Gasteiger partial charge >= 0.3 is 0 Å². The highest BCUT2D eigenvalue weighted by Crippen LogP contribution is 2.24. The first-order valence-corrected chi connectivity index (χ1v) is 7.76. The summed E-state index contributed by atoms with van der Waals surface area (Å²) in [7, 11) is 0. The van der Waals surface area contributed by atoms with Gasteiger partial charge in [0.25, 0.3) is 0 Å². The van der Waals surface area contributed by atoms with Crippen LogP contribution in [0.4, 0.5) is 0 Å². The highest BCUT2D eigenvalue weighted by molar-refractivity contribution is 6.18. The second kappa shape index (κ2) is 5.74. The first kappa shape index (κ1) is 15.6. The van der Waals surface area contributed by atoms with Crippen molar-refractivity contribution in [2.24, 2.45) is 0 Å². The van der Waals surface area contributed by atoms with Crippen molar-refractivity contribution in [2.45, 2.75) is 38.9 Å². The van der Waals surface area contributed by atoms with Crippen molar-refractivity contribution >= 4 is 11.6 Å². The van der Waals surface area contributed by atoms with Crippen molar-refractivity contribution in [1.29, 1.82) is 0 Å². The molecule has 23 heavy (non-hydrogen) atoms. The molecule has 1 atom stereocenters. The van der Waals surface area contributed by atoms with Crippen LogP contribution in [-0.4, -0.2) is 17.7 Å². The first-order valence-electron chi connectivity index (χ1n) is 7.76. The SMILES string of the molecule is CC(C)(C)c1ccc(C(=O)C2OCc3ccc(cc3)C2=O)cc1. The van der Waals surface area contributed by atoms with Crippen molar-refractivity contribution in [3.63, 3.8) is 0 Å². The molecule has 118 valence electrons. The van der Waals surface area contributed by atoms with Crippen LogP contribution in [0, 0.1) is 0 Å². The monoisotopic (exact) mass is 308 g/mol. The molecule has 2 aliphatic rings. The zero-order chi connectivity index (χ0) is 16.6. The van der Waals surface area contributed by atoms with E-state index in [0.29, 0.717) is 11.1 Å². The van der Waals surface area contributed by atoms with E-state index in [9.17, 15) is 9.59 Å². The lowest BCUT2D eigenvalue weighted by molar-refractivity contribution is 0.0309. The molecule has 0 fully saturated rings. The summed E-state index contributed by atoms with van der Waals surface area (Å²) in [5, 5.41) is 0. The lowest BCUT2D eigenvalue weighted by atomic mass is 9.86. The molecule has 2 aromatic carbocycles. The van der Waals surface area contributed by atoms with Crippen LogP contribution in [0.25, 0.3) is 0 Å². The van der Waals surface area contributed by atoms with Gasteiger partial charge in [-0.1, -0.05) is 69.3 Å². The molecule has 3 heteroatoms. The fourth-order valence-corrected chi connectivity index (χ4v) is 2.65. The number of fused-ring (bicyclic) bond motifs is 5. The zero-order valence-corrected chi connectivity index (χ0v) is 13.6. The van der Waals surface area contributed by atoms with Crippen LogP contribution in [0.15, 0.2) is 48.5 Å². The average Bonchev–Trinajstić information content (AvgIpc) is 2.52. The molecule has 1 unspecified atom stereocenters. The Kier molecular flexibility index (Phi) is 3.90. The second-order valence-corrected chi connectivity index (χ2v) is 6.94. The second-order valence-electron chi connectivity index (χ2n) is 6.94. The Balaban J connectivity index is 1.87. The fourth-order valence-electron chi connectivity index (χ4n) is 2.65. The molecule has 0 N–H and O–H groups in total. The number of benzene rings is 2. The van der Waals surface area contributed by atoms with Gasteiger partial charge in [-0.05, 0) is 16.5 Å². The summed E-state index contributed by atoms with van der Waals surface area (Å²) >= 11 is 0. The van der Waals surface area contributed by atoms with Crippen LogP contribution in [0.1, 0.15) is 52.6 Å². The molecule has 0 aromatic heterocycles. The van der Waals surface area contributed by atoms with Gasteiger partial charge in [0, 0.05) is 11.1 Å². The predicted molar refractivity (Wildman–Crippen MR) is 88.8 cm³/mol. The largest absolute Gasteiger partial charge is 0.357 e. The van der Waals surface area contributed by atoms with Crippen molar-refractivity contribution in [1.82, 2.24) is 0 Å². The maximum atomic E-state index is 12.7. The summed E-state index contributed by atoms with van der Waals surface area (Å²) in [5.41, 5.74) is 3.15. The minimum absolute atomic E-state index is 0.0232. The number of hydrogen-bond acceptors (Lipinski definition) is 3. The van der Waals surface area contributed by atoms with E-state index in [1.807, 2.05) is 24.3 Å². The van der Waals surface area contributed by atoms with Crippen LogP contribution in [0.2, 0.25) is 0 Å². The number of Topliss-reactive ketones (excluding diaryl/α,β-unsaturated/α-hetero) is 2. The quantitative estimate of drug-likeness (QED) is 0.623. The third-order valence-corrected chi connectivity index (χ3v) is 4.17. The molecule has 0 saturated carbocycles. The van der Waals surface area contributed by atoms with Gasteiger partial charge in [0.2, 0.25) is 0 Å². The topological polar surface area (TPSA) is 43.4 Å². The van der Waals surface area contributed by atoms with Crippen molar-refractivity contribution in [3.05, 3.63) is 70.8 Å². The van der Waals surface area contributed by atoms with E-state index in [2.05, 4.69) is 20.8 Å². The number of carbonyl (C=O) groups excluding carboxylic acids is 2. The van der Waals surface area contributed by atoms with Crippen molar-refractivity contribution in [3.8, 4) is 0 Å². The molecule has 3 nitrogen and oxygen atoms in total. The van der Waals surface area contributed by atoms with Crippen LogP contribution in [0.3, 0.4) is 0 Å². The minimum atomic E-state index is -1.06. The molecular formula is C20H20O3. The normalized spacial score (nSPS) is 17.7. The zero-order valence-electron chi connectivity index (χ0n) is 13.6. The number of carbonyl (C=O) groups is 2. The third kappa shape index (κ3) is 3.10. The van der Waals surface area contributed by atoms with Crippen molar-refractivity contribution in [2.75, 3.05) is 0 Å². The van der Waals surface area contributed by atoms with Crippen molar-refractivity contribution < 1.29 is 14.3 Å². The Morgan fingerprint density at radius 2 is 1.61 bits per heavy atom. The standard InChI is InChI=1S/C20H20O3/c1-20(2,3)16-10-8-15(9-11-16)18(22)19-17(21)14-6-4-13(5-7-14)12-23-19/h4-11,19H,12H2,1-3H3. The van der Waals surface area contributed by atoms with Crippen LogP contribution in [0.5, 0.6) is 0 Å². The minimum Gasteiger partial charge on any atom is -0.357 e. The van der Waals surface area contributed by atoms with E-state index in [4.69, 9.17) is 4.74 Å². The van der Waals surface area contributed by atoms with Gasteiger partial charge in [-0.3, -0.25) is 9.59 Å². The predicted octanol–water partition coefficient (Wildman–Crippen LogP) is 3.95. The Hall–Kier alpha value is -2.26. The molecule has 0 saturated heterocycles. The molecule has 0 radical (unpaired) electrons. The van der Waals surface area contributed by atoms with Gasteiger partial charge in [-0.25, -0.2) is 0 Å². The maximum absolute atomic E-state index is 12.7. The number of ketones is 2. The summed E-state index contributed by atoms with van der Waals surface area (Å²) in [5.74, 6) is -0.556. The van der Waals surface area contributed by atoms with Gasteiger partial charge in [0.05, 0.1) is 6.61 Å². The summed E-state index contributed by atoms with van der Waals surface area (Å²) in [6, 6.07) is 14.6. The summed E-state index contributed by atoms with van der Waals surface area (Å²) in [4.78, 5) is 25.2. The van der Waals surface area contributed by atoms with Gasteiger partial charge in [0.15, 0.2) is 17.7 Å². The van der Waals surface area contributed by atoms with E-state index in [1.54, 1.807) is 24.3 Å². The molecule has 0 aliphatic carbocycles. The summed E-state index contributed by atoms with van der Waals surface area (Å²) in [6.07, 6.45) is -1.06. The highest BCUT2D eigenvalue weighted by atomic mass is 16.5. The van der Waals surface area contributed by atoms with E-state index in [1.165, 1.54) is 0 Å². The third-order valence-electron chi connectivity index (χ3n) is 4.17. The molecular weight excluding hydrogens is 288 g/mol. The number of rotatable bonds is 2. The fraction of sp³-hybridized carbons (Fsp3) is 0.300. The van der Waals surface area contributed by atoms with Gasteiger partial charge in [-0.15, -0.1) is 0 Å². The number of ether oxygens (including phenoxy) is 1. The molecule has 2 heterocycles. The summed E-state index contributed by atoms with van der Waals surface area (Å²) < 4.78 is 5.58. The molecule has 2 bridgehead atoms. The van der Waals surface area contributed by atoms with E-state index >= 15 is 0 Å². The lowest BCUT2D eigenvalue weighted by Crippen LogP contribution is -2.34. The lowest BCUT2D eigenvalue weighted by Gasteiger charge is -2.21. The Bertz CT molecular complexity index is 734. The average molecular weight is 308 g/mol.